The van der Waals surface area contributed by atoms with Gasteiger partial charge in [-0.3, -0.25) is 0 Å². The molecule has 0 aliphatic carbocycles. The summed E-state index contributed by atoms with van der Waals surface area (Å²) in [5.74, 6) is 0.955. The summed E-state index contributed by atoms with van der Waals surface area (Å²) >= 11 is 0. The lowest BCUT2D eigenvalue weighted by atomic mass is 9.96. The maximum atomic E-state index is 3.87. The monoisotopic (exact) mass is 197 g/mol. The summed E-state index contributed by atoms with van der Waals surface area (Å²) in [5.41, 5.74) is 0. The average molecular weight is 197 g/mol. The van der Waals surface area contributed by atoms with E-state index in [4.69, 9.17) is 0 Å². The summed E-state index contributed by atoms with van der Waals surface area (Å²) in [6.45, 7) is 8.57. The maximum absolute atomic E-state index is 3.87. The van der Waals surface area contributed by atoms with Crippen LogP contribution in [0.5, 0.6) is 0 Å². The second-order valence-electron chi connectivity index (χ2n) is 4.66. The van der Waals surface area contributed by atoms with Gasteiger partial charge in [-0.05, 0) is 5.92 Å². The lowest BCUT2D eigenvalue weighted by molar-refractivity contribution is 0.437. The first-order valence-electron chi connectivity index (χ1n) is 6.60. The van der Waals surface area contributed by atoms with Crippen molar-refractivity contribution in [3.05, 3.63) is 6.92 Å². The highest BCUT2D eigenvalue weighted by molar-refractivity contribution is 4.55. The van der Waals surface area contributed by atoms with Gasteiger partial charge in [0.25, 0.3) is 0 Å². The molecule has 1 unspecified atom stereocenters. The van der Waals surface area contributed by atoms with E-state index in [0.29, 0.717) is 0 Å². The molecule has 0 saturated carbocycles. The molecule has 0 N–H and O–H groups in total. The van der Waals surface area contributed by atoms with Crippen LogP contribution in [0.3, 0.4) is 0 Å². The normalized spacial score (nSPS) is 11.1. The van der Waals surface area contributed by atoms with E-state index in [-0.39, 0.29) is 0 Å². The molecule has 14 heavy (non-hydrogen) atoms. The quantitative estimate of drug-likeness (QED) is 0.413. The Bertz CT molecular complexity index is 84.2. The van der Waals surface area contributed by atoms with Crippen LogP contribution in [0.2, 0.25) is 0 Å². The molecule has 0 aromatic rings. The summed E-state index contributed by atoms with van der Waals surface area (Å²) in [7, 11) is 0. The second-order valence-corrected chi connectivity index (χ2v) is 4.66. The van der Waals surface area contributed by atoms with E-state index >= 15 is 0 Å². The van der Waals surface area contributed by atoms with Crippen molar-refractivity contribution in [1.29, 1.82) is 0 Å². The molecular formula is C14H29. The van der Waals surface area contributed by atoms with Gasteiger partial charge in [0.2, 0.25) is 0 Å². The molecule has 0 rings (SSSR count). The standard InChI is InChI=1S/C14H29/c1-4-6-8-10-12-14(3)13-11-9-7-5-2/h14H,1,4-13H2,2-3H3. The molecule has 0 fully saturated rings. The molecular weight excluding hydrogens is 168 g/mol. The Morgan fingerprint density at radius 2 is 1.43 bits per heavy atom. The molecule has 0 aromatic carbocycles. The van der Waals surface area contributed by atoms with Gasteiger partial charge >= 0.3 is 0 Å². The van der Waals surface area contributed by atoms with Crippen molar-refractivity contribution in [2.24, 2.45) is 5.92 Å². The number of unbranched alkanes of at least 4 members (excludes halogenated alkanes) is 6. The molecule has 0 aromatic heterocycles. The summed E-state index contributed by atoms with van der Waals surface area (Å²) in [5, 5.41) is 0. The molecule has 1 atom stereocenters. The summed E-state index contributed by atoms with van der Waals surface area (Å²) in [6.07, 6.45) is 13.8. The molecule has 0 amide bonds. The summed E-state index contributed by atoms with van der Waals surface area (Å²) in [6, 6.07) is 0. The Morgan fingerprint density at radius 3 is 1.93 bits per heavy atom. The van der Waals surface area contributed by atoms with Gasteiger partial charge in [0.05, 0.1) is 0 Å². The number of rotatable bonds is 10. The minimum absolute atomic E-state index is 0.955. The zero-order valence-electron chi connectivity index (χ0n) is 10.4. The van der Waals surface area contributed by atoms with Crippen LogP contribution in [-0.2, 0) is 0 Å². The maximum Gasteiger partial charge on any atom is -0.0443 e. The molecule has 0 saturated heterocycles. The molecule has 0 nitrogen and oxygen atoms in total. The van der Waals surface area contributed by atoms with Crippen molar-refractivity contribution in [3.63, 3.8) is 0 Å². The van der Waals surface area contributed by atoms with Crippen LogP contribution in [0, 0.1) is 12.8 Å². The molecule has 85 valence electrons. The van der Waals surface area contributed by atoms with Crippen molar-refractivity contribution < 1.29 is 0 Å². The Hall–Kier alpha value is 0. The van der Waals surface area contributed by atoms with Crippen LogP contribution in [0.1, 0.15) is 78.1 Å². The smallest absolute Gasteiger partial charge is 0.0443 e. The van der Waals surface area contributed by atoms with E-state index in [1.54, 1.807) is 0 Å². The largest absolute Gasteiger partial charge is 0.0654 e. The van der Waals surface area contributed by atoms with E-state index in [0.717, 1.165) is 12.3 Å². The fourth-order valence-electron chi connectivity index (χ4n) is 1.91. The highest BCUT2D eigenvalue weighted by Gasteiger charge is 2.01. The predicted molar refractivity (Wildman–Crippen MR) is 66.4 cm³/mol. The van der Waals surface area contributed by atoms with Crippen molar-refractivity contribution in [1.82, 2.24) is 0 Å². The van der Waals surface area contributed by atoms with E-state index in [1.807, 2.05) is 0 Å². The fraction of sp³-hybridized carbons (Fsp3) is 0.929. The van der Waals surface area contributed by atoms with Gasteiger partial charge in [0, 0.05) is 0 Å². The lowest BCUT2D eigenvalue weighted by Crippen LogP contribution is -1.94. The van der Waals surface area contributed by atoms with Gasteiger partial charge in [-0.2, -0.15) is 0 Å². The molecule has 0 aliphatic heterocycles. The SMILES string of the molecule is [CH2]CCCCCC(C)CCCCCC. The topological polar surface area (TPSA) is 0 Å². The van der Waals surface area contributed by atoms with Gasteiger partial charge in [0.15, 0.2) is 0 Å². The third-order valence-corrected chi connectivity index (χ3v) is 3.00. The third kappa shape index (κ3) is 10.1. The van der Waals surface area contributed by atoms with Crippen LogP contribution in [-0.4, -0.2) is 0 Å². The molecule has 1 radical (unpaired) electrons. The first kappa shape index (κ1) is 14.0. The van der Waals surface area contributed by atoms with E-state index in [1.165, 1.54) is 57.8 Å². The minimum atomic E-state index is 0.955. The van der Waals surface area contributed by atoms with Crippen molar-refractivity contribution in [2.45, 2.75) is 78.1 Å². The Labute approximate surface area is 91.5 Å². The zero-order valence-corrected chi connectivity index (χ0v) is 10.4. The van der Waals surface area contributed by atoms with E-state index in [2.05, 4.69) is 20.8 Å². The summed E-state index contributed by atoms with van der Waals surface area (Å²) in [4.78, 5) is 0. The molecule has 0 bridgehead atoms. The van der Waals surface area contributed by atoms with Gasteiger partial charge in [-0.15, -0.1) is 0 Å². The van der Waals surface area contributed by atoms with Crippen molar-refractivity contribution >= 4 is 0 Å². The van der Waals surface area contributed by atoms with Gasteiger partial charge in [-0.1, -0.05) is 85.0 Å². The predicted octanol–water partition coefficient (Wildman–Crippen LogP) is 5.38. The van der Waals surface area contributed by atoms with Gasteiger partial charge in [0.1, 0.15) is 0 Å². The van der Waals surface area contributed by atoms with Crippen LogP contribution < -0.4 is 0 Å². The summed E-state index contributed by atoms with van der Waals surface area (Å²) < 4.78 is 0. The van der Waals surface area contributed by atoms with Crippen LogP contribution in [0.4, 0.5) is 0 Å². The molecule has 0 heteroatoms. The second kappa shape index (κ2) is 11.1. The highest BCUT2D eigenvalue weighted by atomic mass is 14.1. The first-order chi connectivity index (χ1) is 6.81. The molecule has 0 spiro atoms. The highest BCUT2D eigenvalue weighted by Crippen LogP contribution is 2.17. The Kier molecular flexibility index (Phi) is 11.1. The van der Waals surface area contributed by atoms with Crippen LogP contribution in [0.25, 0.3) is 0 Å². The minimum Gasteiger partial charge on any atom is -0.0654 e. The van der Waals surface area contributed by atoms with Crippen molar-refractivity contribution in [2.75, 3.05) is 0 Å². The van der Waals surface area contributed by atoms with Gasteiger partial charge in [-0.25, -0.2) is 0 Å². The fourth-order valence-corrected chi connectivity index (χ4v) is 1.91. The Morgan fingerprint density at radius 1 is 0.857 bits per heavy atom. The van der Waals surface area contributed by atoms with E-state index in [9.17, 15) is 0 Å². The van der Waals surface area contributed by atoms with Gasteiger partial charge < -0.3 is 0 Å². The van der Waals surface area contributed by atoms with E-state index < -0.39 is 0 Å². The number of hydrogen-bond acceptors (Lipinski definition) is 0. The van der Waals surface area contributed by atoms with Crippen LogP contribution >= 0.6 is 0 Å². The molecule has 0 heterocycles. The number of hydrogen-bond donors (Lipinski definition) is 0. The first-order valence-corrected chi connectivity index (χ1v) is 6.60. The lowest BCUT2D eigenvalue weighted by Gasteiger charge is -2.10. The molecule has 0 aliphatic rings. The van der Waals surface area contributed by atoms with Crippen LogP contribution in [0.15, 0.2) is 0 Å². The average Bonchev–Trinajstić information content (AvgIpc) is 2.19. The Balaban J connectivity index is 3.07. The van der Waals surface area contributed by atoms with Crippen molar-refractivity contribution in [3.8, 4) is 0 Å². The third-order valence-electron chi connectivity index (χ3n) is 3.00. The zero-order chi connectivity index (χ0) is 10.6.